The van der Waals surface area contributed by atoms with Crippen LogP contribution in [-0.4, -0.2) is 34.0 Å². The summed E-state index contributed by atoms with van der Waals surface area (Å²) in [6.07, 6.45) is 0. The maximum absolute atomic E-state index is 8.52. The Morgan fingerprint density at radius 3 is 0.737 bits per heavy atom. The molecule has 9 heteroatoms. The van der Waals surface area contributed by atoms with Gasteiger partial charge in [0.2, 0.25) is 0 Å². The molecular weight excluding hydrogens is 456 g/mol. The van der Waals surface area contributed by atoms with Gasteiger partial charge in [-0.25, -0.2) is 0 Å². The molecule has 0 bridgehead atoms. The van der Waals surface area contributed by atoms with Crippen molar-refractivity contribution < 1.29 is 54.1 Å². The van der Waals surface area contributed by atoms with Crippen LogP contribution >= 0.6 is 0 Å². The van der Waals surface area contributed by atoms with Gasteiger partial charge >= 0.3 is 20.1 Å². The third kappa shape index (κ3) is 11.9. The van der Waals surface area contributed by atoms with E-state index < -0.39 is 10.4 Å². The van der Waals surface area contributed by atoms with Crippen LogP contribution in [0.3, 0.4) is 0 Å². The van der Waals surface area contributed by atoms with Crippen molar-refractivity contribution in [3.05, 3.63) is 29.6 Å². The molecule has 0 aromatic rings. The van der Waals surface area contributed by atoms with E-state index >= 15 is 0 Å². The molecule has 5 radical (unpaired) electrons. The second-order valence-electron chi connectivity index (χ2n) is 3.53. The molecule has 19 heavy (non-hydrogen) atoms. The summed E-state index contributed by atoms with van der Waals surface area (Å²) in [6, 6.07) is 0. The topological polar surface area (TPSA) is 175 Å². The van der Waals surface area contributed by atoms with E-state index in [9.17, 15) is 0 Å². The van der Waals surface area contributed by atoms with E-state index in [2.05, 4.69) is 34.6 Å². The van der Waals surface area contributed by atoms with Crippen molar-refractivity contribution in [1.82, 2.24) is 0 Å². The fourth-order valence-electron chi connectivity index (χ4n) is 1.41. The molecule has 117 valence electrons. The van der Waals surface area contributed by atoms with Crippen molar-refractivity contribution in [3.8, 4) is 0 Å². The quantitative estimate of drug-likeness (QED) is 0.327. The van der Waals surface area contributed by atoms with Crippen molar-refractivity contribution in [3.63, 3.8) is 0 Å². The summed E-state index contributed by atoms with van der Waals surface area (Å²) in [4.78, 5) is 0. The van der Waals surface area contributed by atoms with Crippen LogP contribution in [0.25, 0.3) is 0 Å². The first kappa shape index (κ1) is 31.7. The van der Waals surface area contributed by atoms with E-state index in [0.717, 1.165) is 0 Å². The minimum absolute atomic E-state index is 0. The first-order chi connectivity index (χ1) is 6.55. The maximum Gasteiger partial charge on any atom is 3.00 e. The SMILES string of the molecule is C[C]1[C](C)[C](C)[C](C)[C]1C.O.O.O.O=S(=O)([O-])[O-].[Ir+3]. The zero-order valence-corrected chi connectivity index (χ0v) is 14.6. The largest absolute Gasteiger partial charge is 3.00 e. The molecule has 0 aromatic carbocycles. The molecule has 0 spiro atoms. The zero-order chi connectivity index (χ0) is 12.4. The van der Waals surface area contributed by atoms with Gasteiger partial charge in [-0.1, -0.05) is 34.6 Å². The monoisotopic (exact) mass is 478 g/mol. The van der Waals surface area contributed by atoms with E-state index in [1.807, 2.05) is 0 Å². The molecule has 0 atom stereocenters. The summed E-state index contributed by atoms with van der Waals surface area (Å²) in [5, 5.41) is 0. The predicted molar refractivity (Wildman–Crippen MR) is 65.9 cm³/mol. The van der Waals surface area contributed by atoms with Crippen LogP contribution in [0.1, 0.15) is 34.6 Å². The molecule has 0 saturated heterocycles. The average Bonchev–Trinajstić information content (AvgIpc) is 2.21. The summed E-state index contributed by atoms with van der Waals surface area (Å²) >= 11 is 0. The Labute approximate surface area is 129 Å². The van der Waals surface area contributed by atoms with Crippen LogP contribution in [0.5, 0.6) is 0 Å². The van der Waals surface area contributed by atoms with Gasteiger partial charge in [-0.05, 0) is 29.6 Å². The smallest absolute Gasteiger partial charge is 0.759 e. The number of hydrogen-bond acceptors (Lipinski definition) is 4. The normalized spacial score (nSPS) is 18.1. The molecule has 1 saturated carbocycles. The molecule has 0 aliphatic heterocycles. The first-order valence-corrected chi connectivity index (χ1v) is 5.75. The van der Waals surface area contributed by atoms with Gasteiger partial charge in [0.1, 0.15) is 0 Å². The Kier molecular flexibility index (Phi) is 20.3. The van der Waals surface area contributed by atoms with E-state index in [4.69, 9.17) is 17.5 Å². The van der Waals surface area contributed by atoms with Crippen molar-refractivity contribution in [1.29, 1.82) is 0 Å². The first-order valence-electron chi connectivity index (χ1n) is 4.42. The van der Waals surface area contributed by atoms with Gasteiger partial charge in [0.15, 0.2) is 0 Å². The summed E-state index contributed by atoms with van der Waals surface area (Å²) < 4.78 is 34.1. The summed E-state index contributed by atoms with van der Waals surface area (Å²) in [7, 11) is -5.17. The standard InChI is InChI=1S/C10H15.Ir.H2O4S.3H2O/c1-6-7(2)9(4)10(5)8(6)3;;1-5(2,3)4;;;/h1-5H3;;(H2,1,2,3,4);3*1H2/q;+3;;;;/p-2. The molecular formula is C10H21IrO7S+. The third-order valence-electron chi connectivity index (χ3n) is 2.81. The van der Waals surface area contributed by atoms with Gasteiger partial charge in [0, 0.05) is 10.4 Å². The van der Waals surface area contributed by atoms with Gasteiger partial charge in [0.05, 0.1) is 0 Å². The van der Waals surface area contributed by atoms with Gasteiger partial charge in [-0.15, -0.1) is 0 Å². The Bertz CT molecular complexity index is 243. The van der Waals surface area contributed by atoms with Gasteiger partial charge in [-0.2, -0.15) is 0 Å². The van der Waals surface area contributed by atoms with Crippen molar-refractivity contribution >= 4 is 10.4 Å². The zero-order valence-electron chi connectivity index (χ0n) is 11.4. The van der Waals surface area contributed by atoms with Gasteiger partial charge < -0.3 is 25.5 Å². The second kappa shape index (κ2) is 12.2. The van der Waals surface area contributed by atoms with Crippen molar-refractivity contribution in [2.75, 3.05) is 0 Å². The fraction of sp³-hybridized carbons (Fsp3) is 0.500. The summed E-state index contributed by atoms with van der Waals surface area (Å²) in [6.45, 7) is 11.0. The minimum atomic E-state index is -5.17. The molecule has 6 N–H and O–H groups in total. The van der Waals surface area contributed by atoms with Crippen LogP contribution < -0.4 is 0 Å². The van der Waals surface area contributed by atoms with Crippen LogP contribution in [0.15, 0.2) is 0 Å². The summed E-state index contributed by atoms with van der Waals surface area (Å²) in [5.41, 5.74) is 0. The van der Waals surface area contributed by atoms with Crippen LogP contribution in [0.4, 0.5) is 0 Å². The Morgan fingerprint density at radius 2 is 0.684 bits per heavy atom. The molecule has 1 aliphatic rings. The Balaban J connectivity index is -0.0000000652. The fourth-order valence-corrected chi connectivity index (χ4v) is 1.41. The van der Waals surface area contributed by atoms with E-state index in [1.165, 1.54) is 29.6 Å². The second-order valence-corrected chi connectivity index (χ2v) is 4.35. The van der Waals surface area contributed by atoms with Gasteiger partial charge in [0.25, 0.3) is 0 Å². The van der Waals surface area contributed by atoms with Crippen LogP contribution in [0.2, 0.25) is 0 Å². The van der Waals surface area contributed by atoms with Crippen molar-refractivity contribution in [2.45, 2.75) is 34.6 Å². The van der Waals surface area contributed by atoms with Crippen LogP contribution in [-0.2, 0) is 30.5 Å². The minimum Gasteiger partial charge on any atom is -0.759 e. The number of rotatable bonds is 0. The molecule has 0 amide bonds. The molecule has 0 heterocycles. The van der Waals surface area contributed by atoms with Crippen molar-refractivity contribution in [2.24, 2.45) is 0 Å². The molecule has 0 unspecified atom stereocenters. The van der Waals surface area contributed by atoms with E-state index in [-0.39, 0.29) is 36.5 Å². The maximum atomic E-state index is 8.52. The average molecular weight is 478 g/mol. The summed E-state index contributed by atoms with van der Waals surface area (Å²) in [5.74, 6) is 7.34. The van der Waals surface area contributed by atoms with Gasteiger partial charge in [-0.3, -0.25) is 8.42 Å². The molecule has 1 rings (SSSR count). The van der Waals surface area contributed by atoms with Crippen LogP contribution in [0, 0.1) is 29.6 Å². The molecule has 1 fully saturated rings. The van der Waals surface area contributed by atoms with E-state index in [1.54, 1.807) is 0 Å². The molecule has 1 aliphatic carbocycles. The molecule has 0 aromatic heterocycles. The van der Waals surface area contributed by atoms with E-state index in [0.29, 0.717) is 0 Å². The predicted octanol–water partition coefficient (Wildman–Crippen LogP) is -0.843. The third-order valence-corrected chi connectivity index (χ3v) is 2.81. The Hall–Kier alpha value is 0.399. The number of hydrogen-bond donors (Lipinski definition) is 0. The Morgan fingerprint density at radius 1 is 0.632 bits per heavy atom. The molecule has 7 nitrogen and oxygen atoms in total.